The van der Waals surface area contributed by atoms with Crippen molar-refractivity contribution in [3.63, 3.8) is 0 Å². The van der Waals surface area contributed by atoms with Crippen molar-refractivity contribution in [3.05, 3.63) is 144 Å². The summed E-state index contributed by atoms with van der Waals surface area (Å²) in [6, 6.07) is 38.4. The number of fused-ring (bicyclic) bond motifs is 4. The Morgan fingerprint density at radius 3 is 2.17 bits per heavy atom. The molecule has 4 aromatic carbocycles. The molecule has 4 aromatic heterocycles. The van der Waals surface area contributed by atoms with Crippen molar-refractivity contribution in [1.82, 2.24) is 19.5 Å². The second kappa shape index (κ2) is 15.0. The van der Waals surface area contributed by atoms with Gasteiger partial charge in [0.15, 0.2) is 0 Å². The number of pyridine rings is 2. The molecule has 1 radical (unpaired) electrons. The predicted octanol–water partition coefficient (Wildman–Crippen LogP) is 12.2. The van der Waals surface area contributed by atoms with Crippen LogP contribution in [0.2, 0.25) is 0 Å². The van der Waals surface area contributed by atoms with Gasteiger partial charge in [-0.1, -0.05) is 108 Å². The molecular formula is C46H44IrN4O-2. The van der Waals surface area contributed by atoms with Crippen molar-refractivity contribution in [2.75, 3.05) is 0 Å². The van der Waals surface area contributed by atoms with E-state index in [-0.39, 0.29) is 31.1 Å². The minimum atomic E-state index is -2.09. The van der Waals surface area contributed by atoms with Gasteiger partial charge in [0, 0.05) is 52.6 Å². The number of aryl methyl sites for hydroxylation is 1. The van der Waals surface area contributed by atoms with Crippen LogP contribution in [0.3, 0.4) is 0 Å². The molecule has 0 unspecified atom stereocenters. The molecule has 8 aromatic rings. The molecule has 0 atom stereocenters. The fourth-order valence-electron chi connectivity index (χ4n) is 6.52. The van der Waals surface area contributed by atoms with Gasteiger partial charge in [0.25, 0.3) is 0 Å². The minimum absolute atomic E-state index is 0. The van der Waals surface area contributed by atoms with Gasteiger partial charge in [0.05, 0.1) is 28.6 Å². The summed E-state index contributed by atoms with van der Waals surface area (Å²) in [6.07, 6.45) is 3.31. The standard InChI is InChI=1S/C34H34N3O.C12H10N.Ir/c1-20(2)22-13-10-14-23(21(3)4)31(22)37-28-18-30(34(5,6)7)35-19-27(28)36-33(37)26-16-11-15-25-24-12-8-9-17-29(24)38-32(25)26;1-10-7-8-12(13-9-10)11-5-3-2-4-6-11;/h8-15,17-21H,1-7H3;2-5,7-9H,1H3;/q2*-1;/i;1D3;. The number of aromatic nitrogens is 4. The quantitative estimate of drug-likeness (QED) is 0.162. The second-order valence-corrected chi connectivity index (χ2v) is 14.6. The third-order valence-electron chi connectivity index (χ3n) is 9.19. The maximum absolute atomic E-state index is 7.23. The first-order valence-electron chi connectivity index (χ1n) is 19.0. The van der Waals surface area contributed by atoms with Gasteiger partial charge < -0.3 is 14.0 Å². The summed E-state index contributed by atoms with van der Waals surface area (Å²) in [5.74, 6) is 1.50. The van der Waals surface area contributed by atoms with Crippen LogP contribution in [0.4, 0.5) is 0 Å². The van der Waals surface area contributed by atoms with Crippen molar-refractivity contribution in [2.24, 2.45) is 0 Å². The molecule has 52 heavy (non-hydrogen) atoms. The van der Waals surface area contributed by atoms with E-state index < -0.39 is 6.85 Å². The van der Waals surface area contributed by atoms with Crippen molar-refractivity contribution in [3.8, 4) is 28.3 Å². The van der Waals surface area contributed by atoms with Crippen LogP contribution in [-0.2, 0) is 25.5 Å². The molecule has 6 heteroatoms. The Bertz CT molecular complexity index is 2560. The summed E-state index contributed by atoms with van der Waals surface area (Å²) in [5.41, 5.74) is 11.0. The number of imidazole rings is 1. The molecule has 0 spiro atoms. The van der Waals surface area contributed by atoms with E-state index in [0.717, 1.165) is 61.3 Å². The maximum Gasteiger partial charge on any atom is 0.120 e. The van der Waals surface area contributed by atoms with Gasteiger partial charge in [0.2, 0.25) is 0 Å². The first kappa shape index (κ1) is 33.0. The molecule has 0 N–H and O–H groups in total. The van der Waals surface area contributed by atoms with E-state index in [2.05, 4.69) is 113 Å². The van der Waals surface area contributed by atoms with Crippen LogP contribution in [0, 0.1) is 19.0 Å². The van der Waals surface area contributed by atoms with Crippen molar-refractivity contribution in [2.45, 2.75) is 72.6 Å². The summed E-state index contributed by atoms with van der Waals surface area (Å²) in [5, 5.41) is 2.17. The van der Waals surface area contributed by atoms with Gasteiger partial charge in [0.1, 0.15) is 5.58 Å². The van der Waals surface area contributed by atoms with Gasteiger partial charge >= 0.3 is 0 Å². The number of furan rings is 1. The zero-order chi connectivity index (χ0) is 38.4. The van der Waals surface area contributed by atoms with Gasteiger partial charge in [-0.05, 0) is 53.2 Å². The fourth-order valence-corrected chi connectivity index (χ4v) is 6.52. The molecule has 0 amide bonds. The Balaban J connectivity index is 0.000000254. The van der Waals surface area contributed by atoms with Crippen LogP contribution < -0.4 is 0 Å². The molecular weight excluding hydrogens is 817 g/mol. The monoisotopic (exact) mass is 864 g/mol. The SMILES string of the molecule is CC(C)c1cccc(C(C)C)c1-n1c(-c2[c-]ccc3c2oc2ccccc23)nc2cnc(C(C)(C)C)cc21.[2H]C([2H])([2H])c1ccc(-c2[c-]cccc2)nc1.[Ir]. The molecule has 0 fully saturated rings. The largest absolute Gasteiger partial charge is 0.501 e. The van der Waals surface area contributed by atoms with Gasteiger partial charge in [-0.15, -0.1) is 54.1 Å². The van der Waals surface area contributed by atoms with Crippen LogP contribution >= 0.6 is 0 Å². The molecule has 0 aliphatic heterocycles. The Morgan fingerprint density at radius 2 is 1.52 bits per heavy atom. The van der Waals surface area contributed by atoms with Gasteiger partial charge in [-0.2, -0.15) is 0 Å². The van der Waals surface area contributed by atoms with E-state index in [1.165, 1.54) is 23.0 Å². The summed E-state index contributed by atoms with van der Waals surface area (Å²) >= 11 is 0. The Labute approximate surface area is 324 Å². The summed E-state index contributed by atoms with van der Waals surface area (Å²) < 4.78 is 30.5. The van der Waals surface area contributed by atoms with Crippen LogP contribution in [0.25, 0.3) is 61.3 Å². The molecule has 4 heterocycles. The molecule has 265 valence electrons. The number of para-hydroxylation sites is 2. The fraction of sp³-hybridized carbons (Fsp3) is 0.239. The van der Waals surface area contributed by atoms with E-state index >= 15 is 0 Å². The second-order valence-electron chi connectivity index (χ2n) is 14.6. The third kappa shape index (κ3) is 7.11. The Morgan fingerprint density at radius 1 is 0.769 bits per heavy atom. The predicted molar refractivity (Wildman–Crippen MR) is 211 cm³/mol. The minimum Gasteiger partial charge on any atom is -0.501 e. The van der Waals surface area contributed by atoms with Crippen LogP contribution in [-0.4, -0.2) is 19.5 Å². The van der Waals surface area contributed by atoms with Gasteiger partial charge in [-0.3, -0.25) is 9.97 Å². The zero-order valence-corrected chi connectivity index (χ0v) is 33.0. The average Bonchev–Trinajstić information content (AvgIpc) is 3.73. The molecule has 0 bridgehead atoms. The number of hydrogen-bond acceptors (Lipinski definition) is 4. The topological polar surface area (TPSA) is 56.7 Å². The van der Waals surface area contributed by atoms with Crippen LogP contribution in [0.1, 0.15) is 86.8 Å². The summed E-state index contributed by atoms with van der Waals surface area (Å²) in [4.78, 5) is 14.2. The van der Waals surface area contributed by atoms with Crippen LogP contribution in [0.5, 0.6) is 0 Å². The normalized spacial score (nSPS) is 12.8. The number of benzene rings is 4. The first-order valence-corrected chi connectivity index (χ1v) is 17.5. The van der Waals surface area contributed by atoms with Crippen molar-refractivity contribution >= 4 is 33.0 Å². The van der Waals surface area contributed by atoms with E-state index in [1.807, 2.05) is 42.6 Å². The van der Waals surface area contributed by atoms with E-state index in [4.69, 9.17) is 18.5 Å². The van der Waals surface area contributed by atoms with Crippen molar-refractivity contribution in [1.29, 1.82) is 0 Å². The summed E-state index contributed by atoms with van der Waals surface area (Å²) in [6.45, 7) is 13.6. The molecule has 5 nitrogen and oxygen atoms in total. The van der Waals surface area contributed by atoms with Crippen molar-refractivity contribution < 1.29 is 28.6 Å². The van der Waals surface area contributed by atoms with E-state index in [1.54, 1.807) is 18.2 Å². The van der Waals surface area contributed by atoms with Gasteiger partial charge in [-0.25, -0.2) is 0 Å². The average molecular weight is 864 g/mol. The Hall–Kier alpha value is -4.90. The van der Waals surface area contributed by atoms with Crippen LogP contribution in [0.15, 0.2) is 114 Å². The Kier molecular flexibility index (Phi) is 9.50. The summed E-state index contributed by atoms with van der Waals surface area (Å²) in [7, 11) is 0. The molecule has 0 saturated heterocycles. The zero-order valence-electron chi connectivity index (χ0n) is 33.6. The number of rotatable bonds is 5. The molecule has 0 saturated carbocycles. The van der Waals surface area contributed by atoms with E-state index in [0.29, 0.717) is 11.8 Å². The number of nitrogens with zero attached hydrogens (tertiary/aromatic N) is 4. The van der Waals surface area contributed by atoms with E-state index in [9.17, 15) is 0 Å². The maximum atomic E-state index is 7.23. The molecule has 0 aliphatic carbocycles. The third-order valence-corrected chi connectivity index (χ3v) is 9.19. The molecule has 0 aliphatic rings. The number of hydrogen-bond donors (Lipinski definition) is 0. The molecule has 8 rings (SSSR count). The smallest absolute Gasteiger partial charge is 0.120 e. The first-order chi connectivity index (χ1) is 25.7.